The molecule has 340 valence electrons. The highest BCUT2D eigenvalue weighted by atomic mass is 31.2. The molecule has 0 radical (unpaired) electrons. The van der Waals surface area contributed by atoms with Gasteiger partial charge in [-0.15, -0.1) is 0 Å². The summed E-state index contributed by atoms with van der Waals surface area (Å²) in [7, 11) is -4.72. The van der Waals surface area contributed by atoms with Crippen molar-refractivity contribution in [1.82, 2.24) is 5.32 Å². The second-order valence-corrected chi connectivity index (χ2v) is 18.7. The van der Waals surface area contributed by atoms with E-state index in [4.69, 9.17) is 0 Å². The number of rotatable bonds is 47. The predicted octanol–water partition coefficient (Wildman–Crippen LogP) is 15.5. The van der Waals surface area contributed by atoms with Crippen LogP contribution in [0.25, 0.3) is 0 Å². The van der Waals surface area contributed by atoms with Gasteiger partial charge in [-0.1, -0.05) is 264 Å². The van der Waals surface area contributed by atoms with E-state index in [-0.39, 0.29) is 5.91 Å². The SMILES string of the molecule is CCCCCCCCCCCCCCCC/C=C/[C@@H](O)[C@H](COP(=O)(O)O)NC(=O)CCCCCCCCCCCCCCCCCCCCCCCCCCC. The standard InChI is InChI=1S/C49H98NO6P/c1-3-5-7-9-11-13-15-17-19-21-22-23-24-25-26-27-28-29-31-33-35-37-39-41-43-45-49(52)50-47(46-56-57(53,54)55)48(51)44-42-40-38-36-34-32-30-20-18-16-14-12-10-8-6-4-2/h42,44,47-48,51H,3-41,43,45-46H2,1-2H3,(H,50,52)(H2,53,54,55)/b44-42+/t47-,48+/m0/s1. The third-order valence-electron chi connectivity index (χ3n) is 11.7. The Morgan fingerprint density at radius 2 is 0.772 bits per heavy atom. The first-order valence-electron chi connectivity index (χ1n) is 25.1. The molecule has 0 spiro atoms. The van der Waals surface area contributed by atoms with Gasteiger partial charge in [0.2, 0.25) is 5.91 Å². The van der Waals surface area contributed by atoms with E-state index >= 15 is 0 Å². The van der Waals surface area contributed by atoms with E-state index in [1.165, 1.54) is 218 Å². The van der Waals surface area contributed by atoms with Crippen molar-refractivity contribution in [2.45, 2.75) is 289 Å². The number of unbranched alkanes of at least 4 members (excludes halogenated alkanes) is 38. The summed E-state index contributed by atoms with van der Waals surface area (Å²) in [6.45, 7) is 4.11. The number of hydrogen-bond donors (Lipinski definition) is 4. The summed E-state index contributed by atoms with van der Waals surface area (Å²) in [6, 6.07) is -0.906. The minimum absolute atomic E-state index is 0.220. The highest BCUT2D eigenvalue weighted by Crippen LogP contribution is 2.36. The van der Waals surface area contributed by atoms with Gasteiger partial charge in [-0.3, -0.25) is 9.32 Å². The van der Waals surface area contributed by atoms with Crippen LogP contribution in [-0.4, -0.2) is 39.6 Å². The topological polar surface area (TPSA) is 116 Å². The molecule has 1 amide bonds. The van der Waals surface area contributed by atoms with E-state index in [1.54, 1.807) is 6.08 Å². The average Bonchev–Trinajstić information content (AvgIpc) is 3.18. The Morgan fingerprint density at radius 1 is 0.491 bits per heavy atom. The molecule has 0 saturated heterocycles. The smallest absolute Gasteiger partial charge is 0.387 e. The molecule has 57 heavy (non-hydrogen) atoms. The average molecular weight is 828 g/mol. The molecule has 0 aromatic rings. The van der Waals surface area contributed by atoms with E-state index < -0.39 is 26.6 Å². The molecule has 7 nitrogen and oxygen atoms in total. The van der Waals surface area contributed by atoms with Crippen LogP contribution in [0.15, 0.2) is 12.2 Å². The van der Waals surface area contributed by atoms with E-state index in [9.17, 15) is 24.3 Å². The van der Waals surface area contributed by atoms with Gasteiger partial charge in [0.1, 0.15) is 0 Å². The van der Waals surface area contributed by atoms with Crippen LogP contribution < -0.4 is 5.32 Å². The third-order valence-corrected chi connectivity index (χ3v) is 12.2. The number of amides is 1. The molecule has 0 saturated carbocycles. The fourth-order valence-electron chi connectivity index (χ4n) is 7.93. The molecule has 0 fully saturated rings. The summed E-state index contributed by atoms with van der Waals surface area (Å²) in [6.07, 6.45) is 55.4. The highest BCUT2D eigenvalue weighted by Gasteiger charge is 2.24. The third kappa shape index (κ3) is 46.2. The molecule has 0 aliphatic rings. The Kier molecular flexibility index (Phi) is 44.3. The number of carbonyl (C=O) groups is 1. The number of hydrogen-bond acceptors (Lipinski definition) is 4. The summed E-state index contributed by atoms with van der Waals surface area (Å²) in [5.74, 6) is -0.220. The van der Waals surface area contributed by atoms with E-state index in [1.807, 2.05) is 6.08 Å². The summed E-state index contributed by atoms with van der Waals surface area (Å²) < 4.78 is 16.0. The number of carbonyl (C=O) groups excluding carboxylic acids is 1. The van der Waals surface area contributed by atoms with Gasteiger partial charge in [0, 0.05) is 6.42 Å². The Bertz CT molecular complexity index is 895. The van der Waals surface area contributed by atoms with Gasteiger partial charge in [-0.2, -0.15) is 0 Å². The van der Waals surface area contributed by atoms with Gasteiger partial charge in [-0.25, -0.2) is 4.57 Å². The Labute approximate surface area is 354 Å². The van der Waals surface area contributed by atoms with Crippen LogP contribution >= 0.6 is 7.82 Å². The van der Waals surface area contributed by atoms with Crippen LogP contribution in [0.2, 0.25) is 0 Å². The number of allylic oxidation sites excluding steroid dienone is 1. The van der Waals surface area contributed by atoms with Crippen LogP contribution in [-0.2, 0) is 13.9 Å². The molecule has 4 N–H and O–H groups in total. The molecule has 0 aliphatic carbocycles. The Morgan fingerprint density at radius 3 is 1.07 bits per heavy atom. The second-order valence-electron chi connectivity index (χ2n) is 17.5. The number of phosphoric acid groups is 1. The minimum atomic E-state index is -4.72. The van der Waals surface area contributed by atoms with Crippen molar-refractivity contribution in [1.29, 1.82) is 0 Å². The first-order valence-corrected chi connectivity index (χ1v) is 26.7. The number of nitrogens with one attached hydrogen (secondary N) is 1. The van der Waals surface area contributed by atoms with Gasteiger partial charge >= 0.3 is 7.82 Å². The summed E-state index contributed by atoms with van der Waals surface area (Å²) in [4.78, 5) is 31.0. The molecule has 0 aromatic heterocycles. The maximum Gasteiger partial charge on any atom is 0.469 e. The lowest BCUT2D eigenvalue weighted by molar-refractivity contribution is -0.123. The fourth-order valence-corrected chi connectivity index (χ4v) is 8.29. The molecule has 0 aliphatic heterocycles. The molecular weight excluding hydrogens is 730 g/mol. The van der Waals surface area contributed by atoms with Gasteiger partial charge in [0.05, 0.1) is 18.8 Å². The normalized spacial score (nSPS) is 13.1. The first kappa shape index (κ1) is 56.3. The fraction of sp³-hybridized carbons (Fsp3) is 0.939. The van der Waals surface area contributed by atoms with Crippen molar-refractivity contribution >= 4 is 13.7 Å². The van der Waals surface area contributed by atoms with Crippen LogP contribution in [0, 0.1) is 0 Å². The summed E-state index contributed by atoms with van der Waals surface area (Å²) in [5, 5.41) is 13.5. The maximum atomic E-state index is 12.6. The number of phosphoric ester groups is 1. The molecular formula is C49H98NO6P. The largest absolute Gasteiger partial charge is 0.469 e. The quantitative estimate of drug-likeness (QED) is 0.0276. The predicted molar refractivity (Wildman–Crippen MR) is 246 cm³/mol. The van der Waals surface area contributed by atoms with Gasteiger partial charge in [-0.05, 0) is 19.3 Å². The molecule has 2 atom stereocenters. The highest BCUT2D eigenvalue weighted by molar-refractivity contribution is 7.46. The lowest BCUT2D eigenvalue weighted by atomic mass is 10.0. The molecule has 0 aromatic carbocycles. The van der Waals surface area contributed by atoms with Crippen LogP contribution in [0.4, 0.5) is 0 Å². The maximum absolute atomic E-state index is 12.6. The zero-order chi connectivity index (χ0) is 41.8. The number of aliphatic hydroxyl groups excluding tert-OH is 1. The van der Waals surface area contributed by atoms with Crippen LogP contribution in [0.3, 0.4) is 0 Å². The van der Waals surface area contributed by atoms with Crippen LogP contribution in [0.5, 0.6) is 0 Å². The first-order chi connectivity index (χ1) is 27.8. The lowest BCUT2D eigenvalue weighted by Crippen LogP contribution is -2.45. The van der Waals surface area contributed by atoms with Gasteiger partial charge in [0.25, 0.3) is 0 Å². The Balaban J connectivity index is 3.79. The lowest BCUT2D eigenvalue weighted by Gasteiger charge is -2.22. The molecule has 0 rings (SSSR count). The van der Waals surface area contributed by atoms with Gasteiger partial charge < -0.3 is 20.2 Å². The minimum Gasteiger partial charge on any atom is -0.387 e. The molecule has 8 heteroatoms. The van der Waals surface area contributed by atoms with E-state index in [0.717, 1.165) is 38.5 Å². The van der Waals surface area contributed by atoms with E-state index in [0.29, 0.717) is 6.42 Å². The summed E-state index contributed by atoms with van der Waals surface area (Å²) >= 11 is 0. The zero-order valence-corrected chi connectivity index (χ0v) is 38.9. The van der Waals surface area contributed by atoms with Crippen molar-refractivity contribution in [3.05, 3.63) is 12.2 Å². The zero-order valence-electron chi connectivity index (χ0n) is 38.0. The Hall–Kier alpha value is -0.720. The van der Waals surface area contributed by atoms with Crippen molar-refractivity contribution in [3.63, 3.8) is 0 Å². The van der Waals surface area contributed by atoms with E-state index in [2.05, 4.69) is 23.7 Å². The summed E-state index contributed by atoms with van der Waals surface area (Å²) in [5.41, 5.74) is 0. The monoisotopic (exact) mass is 828 g/mol. The van der Waals surface area contributed by atoms with Crippen molar-refractivity contribution in [3.8, 4) is 0 Å². The van der Waals surface area contributed by atoms with Crippen molar-refractivity contribution in [2.24, 2.45) is 0 Å². The van der Waals surface area contributed by atoms with Crippen molar-refractivity contribution < 1.29 is 28.8 Å². The number of aliphatic hydroxyl groups is 1. The second kappa shape index (κ2) is 44.8. The molecule has 0 unspecified atom stereocenters. The van der Waals surface area contributed by atoms with Crippen molar-refractivity contribution in [2.75, 3.05) is 6.61 Å². The molecule has 0 bridgehead atoms. The molecule has 0 heterocycles. The van der Waals surface area contributed by atoms with Gasteiger partial charge in [0.15, 0.2) is 0 Å². The van der Waals surface area contributed by atoms with Crippen LogP contribution in [0.1, 0.15) is 277 Å².